The molecule has 6 nitrogen and oxygen atoms in total. The Hall–Kier alpha value is -2.89. The fourth-order valence-electron chi connectivity index (χ4n) is 4.01. The molecule has 0 unspecified atom stereocenters. The number of nitrogens with zero attached hydrogens (tertiary/aromatic N) is 2. The van der Waals surface area contributed by atoms with Crippen molar-refractivity contribution in [3.63, 3.8) is 0 Å². The second-order valence-electron chi connectivity index (χ2n) is 8.16. The lowest BCUT2D eigenvalue weighted by Crippen LogP contribution is -2.36. The van der Waals surface area contributed by atoms with Crippen LogP contribution in [-0.4, -0.2) is 40.0 Å². The Balaban J connectivity index is 1.33. The summed E-state index contributed by atoms with van der Waals surface area (Å²) >= 11 is 0. The minimum atomic E-state index is -0.253. The van der Waals surface area contributed by atoms with Crippen molar-refractivity contribution in [2.24, 2.45) is 0 Å². The lowest BCUT2D eigenvalue weighted by molar-refractivity contribution is -0.127. The van der Waals surface area contributed by atoms with Gasteiger partial charge in [-0.25, -0.2) is 0 Å². The van der Waals surface area contributed by atoms with Crippen molar-refractivity contribution in [1.82, 2.24) is 15.1 Å². The van der Waals surface area contributed by atoms with E-state index in [1.165, 1.54) is 24.5 Å². The molecule has 2 amide bonds. The van der Waals surface area contributed by atoms with Crippen LogP contribution in [0.1, 0.15) is 67.2 Å². The summed E-state index contributed by atoms with van der Waals surface area (Å²) in [5, 5.41) is 10.1. The molecule has 2 aromatic rings. The average molecular weight is 393 g/mol. The first kappa shape index (κ1) is 19.4. The number of anilines is 1. The van der Waals surface area contributed by atoms with Crippen molar-refractivity contribution < 1.29 is 9.59 Å². The third kappa shape index (κ3) is 4.42. The molecular formula is C23H28N4O2. The van der Waals surface area contributed by atoms with Crippen LogP contribution in [0.5, 0.6) is 0 Å². The van der Waals surface area contributed by atoms with Gasteiger partial charge in [-0.3, -0.25) is 14.7 Å². The Labute approximate surface area is 171 Å². The number of aromatic amines is 1. The predicted molar refractivity (Wildman–Crippen MR) is 113 cm³/mol. The number of piperidine rings is 1. The Kier molecular flexibility index (Phi) is 5.51. The highest BCUT2D eigenvalue weighted by Crippen LogP contribution is 2.39. The minimum absolute atomic E-state index is 0.0137. The van der Waals surface area contributed by atoms with Gasteiger partial charge >= 0.3 is 0 Å². The molecular weight excluding hydrogens is 364 g/mol. The third-order valence-corrected chi connectivity index (χ3v) is 6.15. The number of benzene rings is 1. The van der Waals surface area contributed by atoms with Gasteiger partial charge in [-0.15, -0.1) is 0 Å². The van der Waals surface area contributed by atoms with Gasteiger partial charge in [0, 0.05) is 30.8 Å². The normalized spacial score (nSPS) is 18.3. The maximum absolute atomic E-state index is 12.6. The number of H-pyrrole nitrogens is 1. The van der Waals surface area contributed by atoms with Crippen LogP contribution in [-0.2, 0) is 9.59 Å². The first-order chi connectivity index (χ1) is 14.0. The van der Waals surface area contributed by atoms with E-state index in [0.717, 1.165) is 37.2 Å². The van der Waals surface area contributed by atoms with Crippen LogP contribution < -0.4 is 5.32 Å². The van der Waals surface area contributed by atoms with Crippen molar-refractivity contribution in [2.45, 2.75) is 50.4 Å². The Morgan fingerprint density at radius 3 is 2.48 bits per heavy atom. The van der Waals surface area contributed by atoms with E-state index < -0.39 is 0 Å². The summed E-state index contributed by atoms with van der Waals surface area (Å²) in [5.41, 5.74) is 3.37. The third-order valence-electron chi connectivity index (χ3n) is 6.15. The van der Waals surface area contributed by atoms with Gasteiger partial charge in [0.05, 0.1) is 5.92 Å². The number of nitrogens with one attached hydrogen (secondary N) is 2. The maximum Gasteiger partial charge on any atom is 0.245 e. The predicted octanol–water partition coefficient (Wildman–Crippen LogP) is 3.92. The topological polar surface area (TPSA) is 78.1 Å². The van der Waals surface area contributed by atoms with E-state index in [1.807, 2.05) is 30.0 Å². The number of rotatable bonds is 6. The summed E-state index contributed by atoms with van der Waals surface area (Å²) in [7, 11) is 0. The number of aromatic nitrogens is 2. The number of amides is 2. The lowest BCUT2D eigenvalue weighted by atomic mass is 9.88. The second kappa shape index (κ2) is 8.23. The molecule has 1 atom stereocenters. The zero-order chi connectivity index (χ0) is 20.4. The van der Waals surface area contributed by atoms with Gasteiger partial charge < -0.3 is 10.2 Å². The minimum Gasteiger partial charge on any atom is -0.339 e. The number of hydrogen-bond donors (Lipinski definition) is 2. The van der Waals surface area contributed by atoms with Crippen LogP contribution in [0.15, 0.2) is 43.0 Å². The molecule has 2 heterocycles. The summed E-state index contributed by atoms with van der Waals surface area (Å²) in [4.78, 5) is 26.2. The molecule has 0 spiro atoms. The number of likely N-dealkylation sites (tertiary alicyclic amines) is 1. The van der Waals surface area contributed by atoms with Crippen molar-refractivity contribution >= 4 is 17.6 Å². The van der Waals surface area contributed by atoms with Crippen LogP contribution in [0.4, 0.5) is 5.82 Å². The number of hydrogen-bond acceptors (Lipinski definition) is 3. The fourth-order valence-corrected chi connectivity index (χ4v) is 4.01. The molecule has 2 N–H and O–H groups in total. The van der Waals surface area contributed by atoms with Crippen LogP contribution in [0.25, 0.3) is 0 Å². The Morgan fingerprint density at radius 2 is 1.86 bits per heavy atom. The largest absolute Gasteiger partial charge is 0.339 e. The van der Waals surface area contributed by atoms with Crippen LogP contribution >= 0.6 is 0 Å². The highest BCUT2D eigenvalue weighted by atomic mass is 16.2. The summed E-state index contributed by atoms with van der Waals surface area (Å²) in [5.74, 6) is 1.34. The van der Waals surface area contributed by atoms with Crippen molar-refractivity contribution in [3.8, 4) is 0 Å². The molecule has 29 heavy (non-hydrogen) atoms. The quantitative estimate of drug-likeness (QED) is 0.732. The van der Waals surface area contributed by atoms with Crippen LogP contribution in [0.2, 0.25) is 0 Å². The van der Waals surface area contributed by atoms with E-state index in [4.69, 9.17) is 0 Å². The molecule has 1 saturated heterocycles. The van der Waals surface area contributed by atoms with Crippen molar-refractivity contribution in [1.29, 1.82) is 0 Å². The van der Waals surface area contributed by atoms with Crippen LogP contribution in [0.3, 0.4) is 0 Å². The summed E-state index contributed by atoms with van der Waals surface area (Å²) in [6.45, 7) is 7.01. The fraction of sp³-hybridized carbons (Fsp3) is 0.435. The SMILES string of the molecule is C=CC(=O)N1CCC(c2ccc([C@H](C)C(=O)Nc3cc(C4CC4)[nH]n3)cc2)CC1. The summed E-state index contributed by atoms with van der Waals surface area (Å²) in [6, 6.07) is 10.3. The zero-order valence-electron chi connectivity index (χ0n) is 16.9. The van der Waals surface area contributed by atoms with Gasteiger partial charge in [-0.2, -0.15) is 5.10 Å². The average Bonchev–Trinajstić information content (AvgIpc) is 3.52. The molecule has 6 heteroatoms. The van der Waals surface area contributed by atoms with Gasteiger partial charge in [0.15, 0.2) is 5.82 Å². The summed E-state index contributed by atoms with van der Waals surface area (Å²) in [6.07, 6.45) is 5.69. The van der Waals surface area contributed by atoms with Crippen LogP contribution in [0, 0.1) is 0 Å². The number of carbonyl (C=O) groups is 2. The summed E-state index contributed by atoms with van der Waals surface area (Å²) < 4.78 is 0. The maximum atomic E-state index is 12.6. The van der Waals surface area contributed by atoms with E-state index in [1.54, 1.807) is 0 Å². The molecule has 2 aliphatic rings. The van der Waals surface area contributed by atoms with Gasteiger partial charge in [0.2, 0.25) is 11.8 Å². The van der Waals surface area contributed by atoms with Gasteiger partial charge in [-0.1, -0.05) is 30.8 Å². The molecule has 1 aliphatic carbocycles. The zero-order valence-corrected chi connectivity index (χ0v) is 16.9. The molecule has 152 valence electrons. The monoisotopic (exact) mass is 392 g/mol. The molecule has 1 aliphatic heterocycles. The highest BCUT2D eigenvalue weighted by Gasteiger charge is 2.26. The highest BCUT2D eigenvalue weighted by molar-refractivity contribution is 5.94. The van der Waals surface area contributed by atoms with Gasteiger partial charge in [-0.05, 0) is 55.7 Å². The smallest absolute Gasteiger partial charge is 0.245 e. The van der Waals surface area contributed by atoms with Gasteiger partial charge in [0.25, 0.3) is 0 Å². The van der Waals surface area contributed by atoms with E-state index in [0.29, 0.717) is 17.7 Å². The first-order valence-corrected chi connectivity index (χ1v) is 10.4. The second-order valence-corrected chi connectivity index (χ2v) is 8.16. The molecule has 0 bridgehead atoms. The first-order valence-electron chi connectivity index (χ1n) is 10.4. The van der Waals surface area contributed by atoms with E-state index in [-0.39, 0.29) is 17.7 Å². The van der Waals surface area contributed by atoms with Gasteiger partial charge in [0.1, 0.15) is 0 Å². The standard InChI is InChI=1S/C23H28N4O2/c1-3-22(28)27-12-10-18(11-13-27)17-6-4-16(5-7-17)15(2)23(29)24-21-14-20(25-26-21)19-8-9-19/h3-7,14-15,18-19H,1,8-13H2,2H3,(H2,24,25,26,29)/t15-/m0/s1. The lowest BCUT2D eigenvalue weighted by Gasteiger charge is -2.31. The molecule has 4 rings (SSSR count). The number of carbonyl (C=O) groups excluding carboxylic acids is 2. The Morgan fingerprint density at radius 1 is 1.17 bits per heavy atom. The van der Waals surface area contributed by atoms with E-state index in [9.17, 15) is 9.59 Å². The van der Waals surface area contributed by atoms with Crippen molar-refractivity contribution in [2.75, 3.05) is 18.4 Å². The van der Waals surface area contributed by atoms with Crippen molar-refractivity contribution in [3.05, 3.63) is 59.8 Å². The van der Waals surface area contributed by atoms with E-state index in [2.05, 4.69) is 34.2 Å². The van der Waals surface area contributed by atoms with E-state index >= 15 is 0 Å². The molecule has 1 aromatic carbocycles. The Bertz CT molecular complexity index is 890. The molecule has 1 saturated carbocycles. The molecule has 2 fully saturated rings. The molecule has 0 radical (unpaired) electrons. The molecule has 1 aromatic heterocycles.